The minimum Gasteiger partial charge on any atom is -0.368 e. The van der Waals surface area contributed by atoms with Crippen molar-refractivity contribution in [3.63, 3.8) is 0 Å². The Balaban J connectivity index is 1.95. The lowest BCUT2D eigenvalue weighted by Crippen LogP contribution is -2.53. The second kappa shape index (κ2) is 5.17. The van der Waals surface area contributed by atoms with Crippen molar-refractivity contribution in [3.8, 4) is 0 Å². The molecule has 2 aromatic rings. The number of anilines is 1. The minimum atomic E-state index is 0.570. The molecular formula is C16H21N3. The quantitative estimate of drug-likeness (QED) is 0.894. The summed E-state index contributed by atoms with van der Waals surface area (Å²) in [5.41, 5.74) is 1.32. The largest absolute Gasteiger partial charge is 0.368 e. The summed E-state index contributed by atoms with van der Waals surface area (Å²) in [6.45, 7) is 7.76. The maximum atomic E-state index is 4.28. The second-order valence-corrected chi connectivity index (χ2v) is 5.62. The Morgan fingerprint density at radius 3 is 3.05 bits per heavy atom. The third-order valence-electron chi connectivity index (χ3n) is 4.01. The van der Waals surface area contributed by atoms with E-state index in [1.165, 1.54) is 16.5 Å². The van der Waals surface area contributed by atoms with E-state index in [4.69, 9.17) is 0 Å². The SMILES string of the molecule is CC(C)C1CN(c2cccc3ccncc23)CCN1. The van der Waals surface area contributed by atoms with Crippen LogP contribution in [0.25, 0.3) is 10.8 Å². The fourth-order valence-electron chi connectivity index (χ4n) is 2.82. The summed E-state index contributed by atoms with van der Waals surface area (Å²) in [7, 11) is 0. The van der Waals surface area contributed by atoms with Gasteiger partial charge >= 0.3 is 0 Å². The Bertz CT molecular complexity index is 559. The average molecular weight is 255 g/mol. The molecule has 0 aliphatic carbocycles. The van der Waals surface area contributed by atoms with Gasteiger partial charge in [-0.25, -0.2) is 0 Å². The van der Waals surface area contributed by atoms with E-state index in [0.29, 0.717) is 12.0 Å². The number of benzene rings is 1. The lowest BCUT2D eigenvalue weighted by atomic mass is 10.0. The number of rotatable bonds is 2. The third kappa shape index (κ3) is 2.43. The van der Waals surface area contributed by atoms with Gasteiger partial charge in [0.2, 0.25) is 0 Å². The van der Waals surface area contributed by atoms with Gasteiger partial charge in [-0.2, -0.15) is 0 Å². The molecule has 1 fully saturated rings. The van der Waals surface area contributed by atoms with Crippen LogP contribution in [0.15, 0.2) is 36.7 Å². The van der Waals surface area contributed by atoms with Crippen LogP contribution in [0.3, 0.4) is 0 Å². The van der Waals surface area contributed by atoms with Gasteiger partial charge in [0, 0.05) is 49.1 Å². The van der Waals surface area contributed by atoms with E-state index < -0.39 is 0 Å². The van der Waals surface area contributed by atoms with Crippen LogP contribution in [0.2, 0.25) is 0 Å². The van der Waals surface area contributed by atoms with Crippen molar-refractivity contribution in [2.75, 3.05) is 24.5 Å². The van der Waals surface area contributed by atoms with Gasteiger partial charge in [-0.15, -0.1) is 0 Å². The van der Waals surface area contributed by atoms with E-state index in [2.05, 4.69) is 53.3 Å². The van der Waals surface area contributed by atoms with E-state index in [0.717, 1.165) is 19.6 Å². The van der Waals surface area contributed by atoms with Gasteiger partial charge in [0.25, 0.3) is 0 Å². The van der Waals surface area contributed by atoms with E-state index >= 15 is 0 Å². The third-order valence-corrected chi connectivity index (χ3v) is 4.01. The summed E-state index contributed by atoms with van der Waals surface area (Å²) >= 11 is 0. The molecule has 1 aliphatic rings. The van der Waals surface area contributed by atoms with Crippen LogP contribution < -0.4 is 10.2 Å². The highest BCUT2D eigenvalue weighted by molar-refractivity contribution is 5.93. The summed E-state index contributed by atoms with van der Waals surface area (Å²) < 4.78 is 0. The molecule has 19 heavy (non-hydrogen) atoms. The molecule has 1 saturated heterocycles. The van der Waals surface area contributed by atoms with Gasteiger partial charge < -0.3 is 10.2 Å². The van der Waals surface area contributed by atoms with Gasteiger partial charge in [-0.05, 0) is 23.4 Å². The maximum absolute atomic E-state index is 4.28. The highest BCUT2D eigenvalue weighted by Gasteiger charge is 2.22. The monoisotopic (exact) mass is 255 g/mol. The number of aromatic nitrogens is 1. The van der Waals surface area contributed by atoms with Crippen molar-refractivity contribution in [3.05, 3.63) is 36.7 Å². The number of hydrogen-bond acceptors (Lipinski definition) is 3. The van der Waals surface area contributed by atoms with Crippen molar-refractivity contribution in [1.29, 1.82) is 0 Å². The van der Waals surface area contributed by atoms with Crippen LogP contribution in [0.4, 0.5) is 5.69 Å². The molecule has 1 N–H and O–H groups in total. The van der Waals surface area contributed by atoms with Crippen LogP contribution in [0, 0.1) is 5.92 Å². The van der Waals surface area contributed by atoms with Gasteiger partial charge in [0.05, 0.1) is 0 Å². The number of fused-ring (bicyclic) bond motifs is 1. The predicted molar refractivity (Wildman–Crippen MR) is 80.6 cm³/mol. The second-order valence-electron chi connectivity index (χ2n) is 5.62. The molecule has 0 spiro atoms. The highest BCUT2D eigenvalue weighted by Crippen LogP contribution is 2.27. The van der Waals surface area contributed by atoms with E-state index in [9.17, 15) is 0 Å². The first-order valence-corrected chi connectivity index (χ1v) is 7.07. The number of nitrogens with one attached hydrogen (secondary N) is 1. The zero-order valence-electron chi connectivity index (χ0n) is 11.6. The Morgan fingerprint density at radius 2 is 2.21 bits per heavy atom. The first kappa shape index (κ1) is 12.4. The van der Waals surface area contributed by atoms with Crippen molar-refractivity contribution in [2.45, 2.75) is 19.9 Å². The number of piperazine rings is 1. The number of hydrogen-bond donors (Lipinski definition) is 1. The fourth-order valence-corrected chi connectivity index (χ4v) is 2.82. The Kier molecular flexibility index (Phi) is 3.38. The number of pyridine rings is 1. The predicted octanol–water partition coefficient (Wildman–Crippen LogP) is 2.67. The smallest absolute Gasteiger partial charge is 0.0462 e. The Hall–Kier alpha value is -1.61. The molecule has 1 atom stereocenters. The van der Waals surface area contributed by atoms with Gasteiger partial charge in [-0.3, -0.25) is 4.98 Å². The molecule has 2 heterocycles. The zero-order chi connectivity index (χ0) is 13.2. The fraction of sp³-hybridized carbons (Fsp3) is 0.438. The first-order chi connectivity index (χ1) is 9.25. The molecule has 0 amide bonds. The Morgan fingerprint density at radius 1 is 1.32 bits per heavy atom. The van der Waals surface area contributed by atoms with Crippen LogP contribution in [0.5, 0.6) is 0 Å². The van der Waals surface area contributed by atoms with Crippen molar-refractivity contribution < 1.29 is 0 Å². The van der Waals surface area contributed by atoms with Crippen LogP contribution >= 0.6 is 0 Å². The molecule has 100 valence electrons. The minimum absolute atomic E-state index is 0.570. The summed E-state index contributed by atoms with van der Waals surface area (Å²) in [5.74, 6) is 0.663. The molecule has 1 aromatic carbocycles. The molecule has 3 heteroatoms. The van der Waals surface area contributed by atoms with Crippen LogP contribution in [-0.4, -0.2) is 30.7 Å². The average Bonchev–Trinajstić information content (AvgIpc) is 2.47. The topological polar surface area (TPSA) is 28.2 Å². The molecule has 0 saturated carbocycles. The number of nitrogens with zero attached hydrogens (tertiary/aromatic N) is 2. The lowest BCUT2D eigenvalue weighted by Gasteiger charge is -2.37. The van der Waals surface area contributed by atoms with Crippen molar-refractivity contribution >= 4 is 16.5 Å². The molecule has 0 bridgehead atoms. The molecular weight excluding hydrogens is 234 g/mol. The normalized spacial score (nSPS) is 20.2. The summed E-state index contributed by atoms with van der Waals surface area (Å²) in [5, 5.41) is 6.14. The molecule has 3 rings (SSSR count). The van der Waals surface area contributed by atoms with Crippen molar-refractivity contribution in [2.24, 2.45) is 5.92 Å². The van der Waals surface area contributed by atoms with Gasteiger partial charge in [0.15, 0.2) is 0 Å². The van der Waals surface area contributed by atoms with E-state index in [-0.39, 0.29) is 0 Å². The van der Waals surface area contributed by atoms with Crippen LogP contribution in [-0.2, 0) is 0 Å². The summed E-state index contributed by atoms with van der Waals surface area (Å²) in [6.07, 6.45) is 3.85. The van der Waals surface area contributed by atoms with E-state index in [1.807, 2.05) is 12.4 Å². The molecule has 1 aromatic heterocycles. The summed E-state index contributed by atoms with van der Waals surface area (Å²) in [4.78, 5) is 6.77. The zero-order valence-corrected chi connectivity index (χ0v) is 11.6. The molecule has 1 aliphatic heterocycles. The molecule has 1 unspecified atom stereocenters. The first-order valence-electron chi connectivity index (χ1n) is 7.07. The molecule has 3 nitrogen and oxygen atoms in total. The van der Waals surface area contributed by atoms with Gasteiger partial charge in [0.1, 0.15) is 0 Å². The lowest BCUT2D eigenvalue weighted by molar-refractivity contribution is 0.369. The molecule has 0 radical (unpaired) electrons. The Labute approximate surface area is 114 Å². The standard InChI is InChI=1S/C16H21N3/c1-12(2)15-11-19(9-8-18-15)16-5-3-4-13-6-7-17-10-14(13)16/h3-7,10,12,15,18H,8-9,11H2,1-2H3. The van der Waals surface area contributed by atoms with Crippen molar-refractivity contribution in [1.82, 2.24) is 10.3 Å². The summed E-state index contributed by atoms with van der Waals surface area (Å²) in [6, 6.07) is 9.17. The van der Waals surface area contributed by atoms with Gasteiger partial charge in [-0.1, -0.05) is 26.0 Å². The van der Waals surface area contributed by atoms with Crippen LogP contribution in [0.1, 0.15) is 13.8 Å². The highest BCUT2D eigenvalue weighted by atomic mass is 15.2. The van der Waals surface area contributed by atoms with E-state index in [1.54, 1.807) is 0 Å². The maximum Gasteiger partial charge on any atom is 0.0462 e.